The topological polar surface area (TPSA) is 69.0 Å². The Kier molecular flexibility index (Phi) is 4.55. The van der Waals surface area contributed by atoms with Crippen LogP contribution in [0.25, 0.3) is 0 Å². The minimum Gasteiger partial charge on any atom is -0.493 e. The number of hydrogen-bond acceptors (Lipinski definition) is 4. The molecule has 1 aromatic heterocycles. The number of nitrogens with one attached hydrogen (secondary N) is 1. The lowest BCUT2D eigenvalue weighted by Crippen LogP contribution is -2.29. The van der Waals surface area contributed by atoms with Crippen LogP contribution in [0.15, 0.2) is 24.3 Å². The van der Waals surface area contributed by atoms with E-state index in [1.807, 2.05) is 6.92 Å². The number of fused-ring (bicyclic) bond motifs is 1. The molecule has 1 aromatic carbocycles. The summed E-state index contributed by atoms with van der Waals surface area (Å²) in [7, 11) is 0. The van der Waals surface area contributed by atoms with Gasteiger partial charge in [0.2, 0.25) is 5.91 Å². The second-order valence-corrected chi connectivity index (χ2v) is 5.57. The molecule has 0 aliphatic carbocycles. The molecule has 2 heterocycles. The molecule has 122 valence electrons. The van der Waals surface area contributed by atoms with Gasteiger partial charge in [-0.1, -0.05) is 0 Å². The molecule has 3 rings (SSSR count). The third-order valence-corrected chi connectivity index (χ3v) is 3.81. The monoisotopic (exact) mass is 318 g/mol. The van der Waals surface area contributed by atoms with Crippen LogP contribution in [0.3, 0.4) is 0 Å². The van der Waals surface area contributed by atoms with Gasteiger partial charge in [-0.3, -0.25) is 4.79 Å². The van der Waals surface area contributed by atoms with Gasteiger partial charge in [0.05, 0.1) is 19.1 Å². The predicted octanol–water partition coefficient (Wildman–Crippen LogP) is 2.01. The normalized spacial score (nSPS) is 14.3. The molecule has 1 unspecified atom stereocenters. The molecule has 0 saturated carbocycles. The number of benzene rings is 1. The van der Waals surface area contributed by atoms with Crippen molar-refractivity contribution in [2.75, 3.05) is 6.61 Å². The van der Waals surface area contributed by atoms with Crippen LogP contribution in [0.5, 0.6) is 5.75 Å². The van der Waals surface area contributed by atoms with Crippen molar-refractivity contribution in [1.82, 2.24) is 20.1 Å². The lowest BCUT2D eigenvalue weighted by Gasteiger charge is -2.14. The van der Waals surface area contributed by atoms with Crippen molar-refractivity contribution >= 4 is 5.91 Å². The van der Waals surface area contributed by atoms with Gasteiger partial charge in [0.1, 0.15) is 17.4 Å². The van der Waals surface area contributed by atoms with Gasteiger partial charge in [-0.2, -0.15) is 0 Å². The van der Waals surface area contributed by atoms with Crippen LogP contribution in [0.2, 0.25) is 0 Å². The predicted molar refractivity (Wildman–Crippen MR) is 81.4 cm³/mol. The lowest BCUT2D eigenvalue weighted by atomic mass is 10.3. The van der Waals surface area contributed by atoms with E-state index in [1.54, 1.807) is 0 Å². The van der Waals surface area contributed by atoms with Crippen LogP contribution in [-0.2, 0) is 17.8 Å². The summed E-state index contributed by atoms with van der Waals surface area (Å²) in [6.45, 7) is 3.04. The van der Waals surface area contributed by atoms with E-state index < -0.39 is 0 Å². The van der Waals surface area contributed by atoms with E-state index in [-0.39, 0.29) is 30.8 Å². The summed E-state index contributed by atoms with van der Waals surface area (Å²) < 4.78 is 20.3. The van der Waals surface area contributed by atoms with Gasteiger partial charge in [-0.05, 0) is 37.6 Å². The highest BCUT2D eigenvalue weighted by molar-refractivity contribution is 5.76. The van der Waals surface area contributed by atoms with Gasteiger partial charge in [0.15, 0.2) is 5.82 Å². The molecule has 0 fully saturated rings. The molecule has 1 N–H and O–H groups in total. The van der Waals surface area contributed by atoms with Crippen molar-refractivity contribution < 1.29 is 13.9 Å². The number of carbonyl (C=O) groups is 1. The van der Waals surface area contributed by atoms with Crippen LogP contribution in [0, 0.1) is 5.82 Å². The Hall–Kier alpha value is -2.44. The Morgan fingerprint density at radius 2 is 2.17 bits per heavy atom. The van der Waals surface area contributed by atoms with E-state index in [0.717, 1.165) is 31.0 Å². The zero-order valence-electron chi connectivity index (χ0n) is 13.0. The number of aryl methyl sites for hydroxylation is 1. The zero-order valence-corrected chi connectivity index (χ0v) is 13.0. The van der Waals surface area contributed by atoms with Crippen LogP contribution in [0.1, 0.15) is 37.5 Å². The summed E-state index contributed by atoms with van der Waals surface area (Å²) in [6, 6.07) is 5.53. The van der Waals surface area contributed by atoms with Gasteiger partial charge in [0.25, 0.3) is 0 Å². The Morgan fingerprint density at radius 3 is 2.96 bits per heavy atom. The average Bonchev–Trinajstić information content (AvgIpc) is 3.12. The highest BCUT2D eigenvalue weighted by Crippen LogP contribution is 2.19. The van der Waals surface area contributed by atoms with E-state index in [1.165, 1.54) is 24.3 Å². The second kappa shape index (κ2) is 6.76. The molecule has 0 saturated heterocycles. The molecule has 1 aliphatic heterocycles. The highest BCUT2D eigenvalue weighted by Gasteiger charge is 2.22. The summed E-state index contributed by atoms with van der Waals surface area (Å²) in [6.07, 6.45) is 2.24. The van der Waals surface area contributed by atoms with Crippen molar-refractivity contribution in [2.24, 2.45) is 0 Å². The van der Waals surface area contributed by atoms with E-state index in [0.29, 0.717) is 5.75 Å². The summed E-state index contributed by atoms with van der Waals surface area (Å²) in [4.78, 5) is 12.0. The van der Waals surface area contributed by atoms with Gasteiger partial charge in [0, 0.05) is 13.0 Å². The number of nitrogens with zero attached hydrogens (tertiary/aromatic N) is 3. The van der Waals surface area contributed by atoms with E-state index in [9.17, 15) is 9.18 Å². The molecular formula is C16H19FN4O2. The first-order valence-corrected chi connectivity index (χ1v) is 7.73. The highest BCUT2D eigenvalue weighted by atomic mass is 19.1. The van der Waals surface area contributed by atoms with Gasteiger partial charge in [-0.25, -0.2) is 4.39 Å². The number of ether oxygens (including phenoxy) is 1. The van der Waals surface area contributed by atoms with E-state index >= 15 is 0 Å². The maximum atomic E-state index is 12.8. The van der Waals surface area contributed by atoms with Crippen LogP contribution < -0.4 is 10.1 Å². The Bertz CT molecular complexity index is 684. The number of amides is 1. The molecule has 0 spiro atoms. The third kappa shape index (κ3) is 3.67. The second-order valence-electron chi connectivity index (χ2n) is 5.57. The average molecular weight is 318 g/mol. The molecule has 2 aromatic rings. The summed E-state index contributed by atoms with van der Waals surface area (Å²) >= 11 is 0. The zero-order chi connectivity index (χ0) is 16.2. The first kappa shape index (κ1) is 15.5. The summed E-state index contributed by atoms with van der Waals surface area (Å²) in [5.74, 6) is 1.90. The number of aromatic nitrogens is 3. The van der Waals surface area contributed by atoms with Gasteiger partial charge >= 0.3 is 0 Å². The maximum absolute atomic E-state index is 12.8. The van der Waals surface area contributed by atoms with Crippen molar-refractivity contribution in [3.8, 4) is 5.75 Å². The molecule has 0 bridgehead atoms. The minimum atomic E-state index is -0.315. The summed E-state index contributed by atoms with van der Waals surface area (Å²) in [5, 5.41) is 11.2. The standard InChI is InChI=1S/C16H19FN4O2/c1-11(16-20-19-14-3-2-9-21(14)16)18-15(22)8-10-23-13-6-4-12(17)5-7-13/h4-7,11H,2-3,8-10H2,1H3,(H,18,22). The molecule has 1 aliphatic rings. The molecular weight excluding hydrogens is 299 g/mol. The number of hydrogen-bond donors (Lipinski definition) is 1. The SMILES string of the molecule is CC(NC(=O)CCOc1ccc(F)cc1)c1nnc2n1CCC2. The number of carbonyl (C=O) groups excluding carboxylic acids is 1. The molecule has 1 amide bonds. The minimum absolute atomic E-state index is 0.116. The van der Waals surface area contributed by atoms with Gasteiger partial charge in [-0.15, -0.1) is 10.2 Å². The Balaban J connectivity index is 1.46. The van der Waals surface area contributed by atoms with E-state index in [4.69, 9.17) is 4.74 Å². The Labute approximate surface area is 133 Å². The van der Waals surface area contributed by atoms with Crippen molar-refractivity contribution in [1.29, 1.82) is 0 Å². The Morgan fingerprint density at radius 1 is 1.39 bits per heavy atom. The summed E-state index contributed by atoms with van der Waals surface area (Å²) in [5.41, 5.74) is 0. The first-order valence-electron chi connectivity index (χ1n) is 7.73. The van der Waals surface area contributed by atoms with Crippen LogP contribution in [-0.4, -0.2) is 27.3 Å². The largest absolute Gasteiger partial charge is 0.493 e. The molecule has 1 atom stereocenters. The third-order valence-electron chi connectivity index (χ3n) is 3.81. The number of rotatable bonds is 6. The first-order chi connectivity index (χ1) is 11.1. The van der Waals surface area contributed by atoms with Crippen LogP contribution >= 0.6 is 0 Å². The number of halogens is 1. The fourth-order valence-electron chi connectivity index (χ4n) is 2.66. The molecule has 7 heteroatoms. The fourth-order valence-corrected chi connectivity index (χ4v) is 2.66. The molecule has 6 nitrogen and oxygen atoms in total. The lowest BCUT2D eigenvalue weighted by molar-refractivity contribution is -0.122. The fraction of sp³-hybridized carbons (Fsp3) is 0.438. The van der Waals surface area contributed by atoms with Crippen molar-refractivity contribution in [3.63, 3.8) is 0 Å². The molecule has 0 radical (unpaired) electrons. The van der Waals surface area contributed by atoms with Crippen LogP contribution in [0.4, 0.5) is 4.39 Å². The van der Waals surface area contributed by atoms with Crippen molar-refractivity contribution in [3.05, 3.63) is 41.7 Å². The van der Waals surface area contributed by atoms with Crippen molar-refractivity contribution in [2.45, 2.75) is 38.8 Å². The molecule has 23 heavy (non-hydrogen) atoms. The maximum Gasteiger partial charge on any atom is 0.224 e. The quantitative estimate of drug-likeness (QED) is 0.884. The van der Waals surface area contributed by atoms with Gasteiger partial charge < -0.3 is 14.6 Å². The smallest absolute Gasteiger partial charge is 0.224 e. The van der Waals surface area contributed by atoms with E-state index in [2.05, 4.69) is 20.1 Å².